The lowest BCUT2D eigenvalue weighted by Gasteiger charge is -2.11. The van der Waals surface area contributed by atoms with E-state index in [1.54, 1.807) is 0 Å². The molecule has 0 saturated heterocycles. The normalized spacial score (nSPS) is 12.7. The molecule has 3 aromatic rings. The van der Waals surface area contributed by atoms with Gasteiger partial charge in [0.1, 0.15) is 0 Å². The standard InChI is InChI=1S/C17H16ClNO2/c1-10-3-4-12(7-11(10)2)8-14(18)13-5-6-15-16(9-13)21-17(20)19-15/h3-7,9,14H,8H2,1-2H3,(H,19,20). The second-order valence-corrected chi connectivity index (χ2v) is 5.89. The number of hydrogen-bond donors (Lipinski definition) is 1. The summed E-state index contributed by atoms with van der Waals surface area (Å²) in [6.07, 6.45) is 0.739. The van der Waals surface area contributed by atoms with Crippen molar-refractivity contribution in [2.24, 2.45) is 0 Å². The number of benzene rings is 2. The van der Waals surface area contributed by atoms with E-state index >= 15 is 0 Å². The topological polar surface area (TPSA) is 46.0 Å². The molecule has 3 rings (SSSR count). The first-order valence-corrected chi connectivity index (χ1v) is 7.29. The highest BCUT2D eigenvalue weighted by Gasteiger charge is 2.12. The summed E-state index contributed by atoms with van der Waals surface area (Å²) in [7, 11) is 0. The van der Waals surface area contributed by atoms with Crippen LogP contribution in [-0.4, -0.2) is 4.98 Å². The molecule has 0 aliphatic heterocycles. The molecule has 1 atom stereocenters. The van der Waals surface area contributed by atoms with E-state index in [0.717, 1.165) is 12.0 Å². The fourth-order valence-corrected chi connectivity index (χ4v) is 2.73. The molecule has 1 heterocycles. The van der Waals surface area contributed by atoms with Crippen molar-refractivity contribution in [3.8, 4) is 0 Å². The zero-order chi connectivity index (χ0) is 15.0. The molecule has 0 bridgehead atoms. The number of hydrogen-bond acceptors (Lipinski definition) is 2. The molecule has 108 valence electrons. The summed E-state index contributed by atoms with van der Waals surface area (Å²) < 4.78 is 5.07. The van der Waals surface area contributed by atoms with Gasteiger partial charge in [0, 0.05) is 0 Å². The van der Waals surface area contributed by atoms with E-state index in [-0.39, 0.29) is 5.38 Å². The van der Waals surface area contributed by atoms with Crippen molar-refractivity contribution in [3.63, 3.8) is 0 Å². The van der Waals surface area contributed by atoms with Crippen molar-refractivity contribution in [3.05, 3.63) is 69.2 Å². The number of rotatable bonds is 3. The van der Waals surface area contributed by atoms with Gasteiger partial charge >= 0.3 is 5.76 Å². The predicted octanol–water partition coefficient (Wildman–Crippen LogP) is 4.26. The molecule has 1 N–H and O–H groups in total. The second kappa shape index (κ2) is 5.41. The van der Waals surface area contributed by atoms with Crippen molar-refractivity contribution in [1.29, 1.82) is 0 Å². The van der Waals surface area contributed by atoms with Gasteiger partial charge in [-0.05, 0) is 54.7 Å². The molecule has 21 heavy (non-hydrogen) atoms. The Hall–Kier alpha value is -2.00. The van der Waals surface area contributed by atoms with Gasteiger partial charge in [0.25, 0.3) is 0 Å². The Bertz CT molecular complexity index is 847. The number of aromatic nitrogens is 1. The number of alkyl halides is 1. The van der Waals surface area contributed by atoms with Crippen LogP contribution in [0.4, 0.5) is 0 Å². The average molecular weight is 302 g/mol. The molecular formula is C17H16ClNO2. The summed E-state index contributed by atoms with van der Waals surface area (Å²) in [4.78, 5) is 13.8. The third-order valence-electron chi connectivity index (χ3n) is 3.79. The summed E-state index contributed by atoms with van der Waals surface area (Å²) in [6, 6.07) is 12.0. The van der Waals surface area contributed by atoms with Crippen molar-refractivity contribution < 1.29 is 4.42 Å². The Kier molecular flexibility index (Phi) is 3.60. The van der Waals surface area contributed by atoms with Gasteiger partial charge in [-0.15, -0.1) is 11.6 Å². The first-order valence-electron chi connectivity index (χ1n) is 6.86. The SMILES string of the molecule is Cc1ccc(CC(Cl)c2ccc3[nH]c(=O)oc3c2)cc1C. The zero-order valence-corrected chi connectivity index (χ0v) is 12.7. The van der Waals surface area contributed by atoms with Crippen molar-refractivity contribution in [2.45, 2.75) is 25.6 Å². The molecular weight excluding hydrogens is 286 g/mol. The number of aromatic amines is 1. The largest absolute Gasteiger partial charge is 0.417 e. The van der Waals surface area contributed by atoms with E-state index in [9.17, 15) is 4.79 Å². The van der Waals surface area contributed by atoms with Crippen LogP contribution in [0.2, 0.25) is 0 Å². The van der Waals surface area contributed by atoms with Gasteiger partial charge in [0.2, 0.25) is 0 Å². The molecule has 0 radical (unpaired) electrons. The molecule has 3 nitrogen and oxygen atoms in total. The lowest BCUT2D eigenvalue weighted by atomic mass is 10.00. The van der Waals surface area contributed by atoms with E-state index in [1.165, 1.54) is 16.7 Å². The summed E-state index contributed by atoms with van der Waals surface area (Å²) in [5.74, 6) is -0.442. The van der Waals surface area contributed by atoms with Crippen LogP contribution in [0.3, 0.4) is 0 Å². The quantitative estimate of drug-likeness (QED) is 0.735. The van der Waals surface area contributed by atoms with Gasteiger partial charge in [0.15, 0.2) is 5.58 Å². The number of aryl methyl sites for hydroxylation is 2. The second-order valence-electron chi connectivity index (χ2n) is 5.36. The number of oxazole rings is 1. The van der Waals surface area contributed by atoms with E-state index < -0.39 is 5.76 Å². The predicted molar refractivity (Wildman–Crippen MR) is 85.0 cm³/mol. The maximum atomic E-state index is 11.2. The summed E-state index contributed by atoms with van der Waals surface area (Å²) >= 11 is 6.51. The highest BCUT2D eigenvalue weighted by molar-refractivity contribution is 6.21. The van der Waals surface area contributed by atoms with Crippen LogP contribution in [-0.2, 0) is 6.42 Å². The van der Waals surface area contributed by atoms with Crippen LogP contribution in [0, 0.1) is 13.8 Å². The van der Waals surface area contributed by atoms with Gasteiger partial charge in [-0.2, -0.15) is 0 Å². The molecule has 0 spiro atoms. The summed E-state index contributed by atoms with van der Waals surface area (Å²) in [5, 5.41) is -0.156. The van der Waals surface area contributed by atoms with Gasteiger partial charge in [-0.1, -0.05) is 24.3 Å². The molecule has 0 amide bonds. The Morgan fingerprint density at radius 1 is 1.14 bits per heavy atom. The lowest BCUT2D eigenvalue weighted by molar-refractivity contribution is 0.555. The van der Waals surface area contributed by atoms with Gasteiger partial charge < -0.3 is 4.42 Å². The number of halogens is 1. The first kappa shape index (κ1) is 14.0. The van der Waals surface area contributed by atoms with Crippen LogP contribution in [0.1, 0.15) is 27.6 Å². The highest BCUT2D eigenvalue weighted by Crippen LogP contribution is 2.27. The molecule has 0 fully saturated rings. The number of fused-ring (bicyclic) bond motifs is 1. The zero-order valence-electron chi connectivity index (χ0n) is 11.9. The smallest absolute Gasteiger partial charge is 0.408 e. The Balaban J connectivity index is 1.87. The molecule has 1 unspecified atom stereocenters. The minimum absolute atomic E-state index is 0.156. The van der Waals surface area contributed by atoms with E-state index in [4.69, 9.17) is 16.0 Å². The molecule has 0 aliphatic carbocycles. The third kappa shape index (κ3) is 2.88. The minimum atomic E-state index is -0.442. The Morgan fingerprint density at radius 2 is 1.95 bits per heavy atom. The first-order chi connectivity index (χ1) is 10.0. The van der Waals surface area contributed by atoms with Crippen molar-refractivity contribution >= 4 is 22.7 Å². The average Bonchev–Trinajstić information content (AvgIpc) is 2.82. The van der Waals surface area contributed by atoms with E-state index in [1.807, 2.05) is 18.2 Å². The van der Waals surface area contributed by atoms with Crippen molar-refractivity contribution in [1.82, 2.24) is 4.98 Å². The van der Waals surface area contributed by atoms with Gasteiger partial charge in [0.05, 0.1) is 10.9 Å². The molecule has 0 saturated carbocycles. The lowest BCUT2D eigenvalue weighted by Crippen LogP contribution is -1.97. The summed E-state index contributed by atoms with van der Waals surface area (Å²) in [5.41, 5.74) is 5.93. The van der Waals surface area contributed by atoms with Crippen molar-refractivity contribution in [2.75, 3.05) is 0 Å². The summed E-state index contributed by atoms with van der Waals surface area (Å²) in [6.45, 7) is 4.20. The number of nitrogens with one attached hydrogen (secondary N) is 1. The maximum absolute atomic E-state index is 11.2. The van der Waals surface area contributed by atoms with Crippen LogP contribution < -0.4 is 5.76 Å². The Morgan fingerprint density at radius 3 is 2.71 bits per heavy atom. The van der Waals surface area contributed by atoms with Crippen LogP contribution in [0.25, 0.3) is 11.1 Å². The van der Waals surface area contributed by atoms with Gasteiger partial charge in [-0.3, -0.25) is 4.98 Å². The van der Waals surface area contributed by atoms with E-state index in [0.29, 0.717) is 11.1 Å². The van der Waals surface area contributed by atoms with Gasteiger partial charge in [-0.25, -0.2) is 4.79 Å². The van der Waals surface area contributed by atoms with Crippen LogP contribution in [0.15, 0.2) is 45.6 Å². The number of H-pyrrole nitrogens is 1. The highest BCUT2D eigenvalue weighted by atomic mass is 35.5. The monoisotopic (exact) mass is 301 g/mol. The fraction of sp³-hybridized carbons (Fsp3) is 0.235. The molecule has 0 aliphatic rings. The van der Waals surface area contributed by atoms with Crippen LogP contribution >= 0.6 is 11.6 Å². The van der Waals surface area contributed by atoms with E-state index in [2.05, 4.69) is 37.0 Å². The maximum Gasteiger partial charge on any atom is 0.417 e. The Labute approximate surface area is 127 Å². The molecule has 2 aromatic carbocycles. The van der Waals surface area contributed by atoms with Crippen LogP contribution in [0.5, 0.6) is 0 Å². The molecule has 1 aromatic heterocycles. The molecule has 4 heteroatoms. The third-order valence-corrected chi connectivity index (χ3v) is 4.20. The fourth-order valence-electron chi connectivity index (χ4n) is 2.41. The minimum Gasteiger partial charge on any atom is -0.408 e.